The predicted molar refractivity (Wildman–Crippen MR) is 54.5 cm³/mol. The second-order valence-electron chi connectivity index (χ2n) is 3.12. The zero-order valence-electron chi connectivity index (χ0n) is 8.01. The van der Waals surface area contributed by atoms with Crippen LogP contribution in [0.4, 0.5) is 0 Å². The average molecular weight is 225 g/mol. The van der Waals surface area contributed by atoms with E-state index < -0.39 is 6.10 Å². The van der Waals surface area contributed by atoms with Gasteiger partial charge in [-0.1, -0.05) is 11.6 Å². The highest BCUT2D eigenvalue weighted by Crippen LogP contribution is 2.26. The first-order valence-corrected chi connectivity index (χ1v) is 4.76. The molecule has 2 rings (SSSR count). The van der Waals surface area contributed by atoms with Gasteiger partial charge in [0, 0.05) is 11.8 Å². The van der Waals surface area contributed by atoms with Crippen LogP contribution in [0.15, 0.2) is 29.1 Å². The highest BCUT2D eigenvalue weighted by atomic mass is 35.5. The molecule has 0 fully saturated rings. The topological polar surface area (TPSA) is 59.2 Å². The largest absolute Gasteiger partial charge is 0.463 e. The smallest absolute Gasteiger partial charge is 0.141 e. The Morgan fingerprint density at radius 3 is 2.87 bits per heavy atom. The van der Waals surface area contributed by atoms with Gasteiger partial charge in [-0.2, -0.15) is 0 Å². The summed E-state index contributed by atoms with van der Waals surface area (Å²) < 4.78 is 5.29. The predicted octanol–water partition coefficient (Wildman–Crippen LogP) is 2.11. The minimum atomic E-state index is -0.924. The summed E-state index contributed by atoms with van der Waals surface area (Å²) in [5.41, 5.74) is 0.438. The zero-order chi connectivity index (χ0) is 10.8. The first kappa shape index (κ1) is 10.1. The first-order chi connectivity index (χ1) is 7.18. The molecule has 2 aromatic rings. The van der Waals surface area contributed by atoms with Crippen molar-refractivity contribution in [2.24, 2.45) is 0 Å². The van der Waals surface area contributed by atoms with E-state index in [-0.39, 0.29) is 5.15 Å². The van der Waals surface area contributed by atoms with Crippen molar-refractivity contribution in [3.8, 4) is 0 Å². The second kappa shape index (κ2) is 4.00. The van der Waals surface area contributed by atoms with Gasteiger partial charge in [0.15, 0.2) is 0 Å². The quantitative estimate of drug-likeness (QED) is 0.794. The third kappa shape index (κ3) is 2.00. The summed E-state index contributed by atoms with van der Waals surface area (Å²) in [5, 5.41) is 10.2. The van der Waals surface area contributed by atoms with Crippen LogP contribution in [0, 0.1) is 6.92 Å². The Morgan fingerprint density at radius 1 is 1.47 bits per heavy atom. The zero-order valence-corrected chi connectivity index (χ0v) is 8.77. The molecule has 0 saturated carbocycles. The van der Waals surface area contributed by atoms with Gasteiger partial charge < -0.3 is 9.52 Å². The highest BCUT2D eigenvalue weighted by molar-refractivity contribution is 6.30. The lowest BCUT2D eigenvalue weighted by molar-refractivity contribution is 0.187. The van der Waals surface area contributed by atoms with Crippen molar-refractivity contribution in [2.45, 2.75) is 13.0 Å². The molecule has 0 aromatic carbocycles. The lowest BCUT2D eigenvalue weighted by Gasteiger charge is -2.08. The van der Waals surface area contributed by atoms with Crippen molar-refractivity contribution >= 4 is 11.6 Å². The first-order valence-electron chi connectivity index (χ1n) is 4.38. The number of furan rings is 1. The summed E-state index contributed by atoms with van der Waals surface area (Å²) in [6, 6.07) is 3.47. The molecule has 0 radical (unpaired) electrons. The number of nitrogens with zero attached hydrogens (tertiary/aromatic N) is 2. The fraction of sp³-hybridized carbons (Fsp3) is 0.200. The summed E-state index contributed by atoms with van der Waals surface area (Å²) >= 11 is 5.82. The molecule has 2 aromatic heterocycles. The molecule has 1 N–H and O–H groups in total. The van der Waals surface area contributed by atoms with Gasteiger partial charge in [-0.05, 0) is 19.1 Å². The Bertz CT molecular complexity index is 470. The number of hydrogen-bond donors (Lipinski definition) is 1. The monoisotopic (exact) mass is 224 g/mol. The molecule has 0 saturated heterocycles. The Kier molecular flexibility index (Phi) is 2.70. The summed E-state index contributed by atoms with van der Waals surface area (Å²) in [5.74, 6) is 1.17. The number of halogens is 1. The average Bonchev–Trinajstić information content (AvgIpc) is 2.65. The minimum absolute atomic E-state index is 0.228. The van der Waals surface area contributed by atoms with Crippen LogP contribution in [0.3, 0.4) is 0 Å². The van der Waals surface area contributed by atoms with Crippen molar-refractivity contribution in [3.63, 3.8) is 0 Å². The molecule has 2 heterocycles. The minimum Gasteiger partial charge on any atom is -0.463 e. The summed E-state index contributed by atoms with van der Waals surface area (Å²) in [6.07, 6.45) is 1.87. The molecule has 1 unspecified atom stereocenters. The number of rotatable bonds is 2. The number of aliphatic hydroxyl groups is 1. The third-order valence-corrected chi connectivity index (χ3v) is 2.33. The SMILES string of the molecule is Cc1ccc(C(O)c2cncnc2Cl)o1. The van der Waals surface area contributed by atoms with Crippen molar-refractivity contribution in [1.82, 2.24) is 9.97 Å². The van der Waals surface area contributed by atoms with Gasteiger partial charge in [-0.15, -0.1) is 0 Å². The van der Waals surface area contributed by atoms with E-state index in [4.69, 9.17) is 16.0 Å². The second-order valence-corrected chi connectivity index (χ2v) is 3.48. The van der Waals surface area contributed by atoms with E-state index in [0.717, 1.165) is 5.76 Å². The summed E-state index contributed by atoms with van der Waals surface area (Å²) in [7, 11) is 0. The van der Waals surface area contributed by atoms with E-state index in [9.17, 15) is 5.11 Å². The molecule has 78 valence electrons. The van der Waals surface area contributed by atoms with Gasteiger partial charge in [0.2, 0.25) is 0 Å². The molecule has 0 amide bonds. The summed E-state index contributed by atoms with van der Waals surface area (Å²) in [6.45, 7) is 1.80. The van der Waals surface area contributed by atoms with Gasteiger partial charge in [-0.25, -0.2) is 9.97 Å². The molecular formula is C10H9ClN2O2. The third-order valence-electron chi connectivity index (χ3n) is 2.01. The number of hydrogen-bond acceptors (Lipinski definition) is 4. The van der Waals surface area contributed by atoms with Gasteiger partial charge in [0.1, 0.15) is 29.1 Å². The van der Waals surface area contributed by atoms with Crippen molar-refractivity contribution in [2.75, 3.05) is 0 Å². The Labute approximate surface area is 91.5 Å². The van der Waals surface area contributed by atoms with Crippen LogP contribution in [0.25, 0.3) is 0 Å². The van der Waals surface area contributed by atoms with Crippen LogP contribution in [0.5, 0.6) is 0 Å². The molecular weight excluding hydrogens is 216 g/mol. The maximum atomic E-state index is 9.93. The Morgan fingerprint density at radius 2 is 2.27 bits per heavy atom. The van der Waals surface area contributed by atoms with E-state index in [1.54, 1.807) is 19.1 Å². The number of aryl methyl sites for hydroxylation is 1. The Hall–Kier alpha value is -1.39. The maximum absolute atomic E-state index is 9.93. The molecule has 0 bridgehead atoms. The van der Waals surface area contributed by atoms with E-state index in [1.165, 1.54) is 12.5 Å². The Balaban J connectivity index is 2.36. The number of aromatic nitrogens is 2. The molecule has 0 aliphatic rings. The molecule has 15 heavy (non-hydrogen) atoms. The standard InChI is InChI=1S/C10H9ClN2O2/c1-6-2-3-8(15-6)9(14)7-4-12-5-13-10(7)11/h2-5,9,14H,1H3. The maximum Gasteiger partial charge on any atom is 0.141 e. The van der Waals surface area contributed by atoms with Gasteiger partial charge in [-0.3, -0.25) is 0 Å². The molecule has 5 heteroatoms. The van der Waals surface area contributed by atoms with Crippen LogP contribution in [0.2, 0.25) is 5.15 Å². The summed E-state index contributed by atoms with van der Waals surface area (Å²) in [4.78, 5) is 7.59. The van der Waals surface area contributed by atoms with E-state index in [0.29, 0.717) is 11.3 Å². The highest BCUT2D eigenvalue weighted by Gasteiger charge is 2.17. The molecule has 4 nitrogen and oxygen atoms in total. The fourth-order valence-electron chi connectivity index (χ4n) is 1.26. The van der Waals surface area contributed by atoms with Gasteiger partial charge in [0.05, 0.1) is 0 Å². The van der Waals surface area contributed by atoms with Crippen LogP contribution >= 0.6 is 11.6 Å². The molecule has 0 aliphatic carbocycles. The van der Waals surface area contributed by atoms with Crippen LogP contribution < -0.4 is 0 Å². The van der Waals surface area contributed by atoms with E-state index >= 15 is 0 Å². The number of aliphatic hydroxyl groups excluding tert-OH is 1. The van der Waals surface area contributed by atoms with Crippen LogP contribution in [-0.4, -0.2) is 15.1 Å². The van der Waals surface area contributed by atoms with E-state index in [2.05, 4.69) is 9.97 Å². The van der Waals surface area contributed by atoms with Crippen LogP contribution in [0.1, 0.15) is 23.2 Å². The molecule has 1 atom stereocenters. The molecule has 0 spiro atoms. The molecule has 0 aliphatic heterocycles. The normalized spacial score (nSPS) is 12.7. The van der Waals surface area contributed by atoms with Crippen molar-refractivity contribution in [3.05, 3.63) is 46.9 Å². The lowest BCUT2D eigenvalue weighted by atomic mass is 10.1. The fourth-order valence-corrected chi connectivity index (χ4v) is 1.46. The van der Waals surface area contributed by atoms with Gasteiger partial charge in [0.25, 0.3) is 0 Å². The van der Waals surface area contributed by atoms with Crippen LogP contribution in [-0.2, 0) is 0 Å². The van der Waals surface area contributed by atoms with E-state index in [1.807, 2.05) is 0 Å². The van der Waals surface area contributed by atoms with Gasteiger partial charge >= 0.3 is 0 Å². The van der Waals surface area contributed by atoms with Crippen molar-refractivity contribution in [1.29, 1.82) is 0 Å². The lowest BCUT2D eigenvalue weighted by Crippen LogP contribution is -2.00. The van der Waals surface area contributed by atoms with Crippen molar-refractivity contribution < 1.29 is 9.52 Å².